The minimum atomic E-state index is -0.541. The van der Waals surface area contributed by atoms with E-state index in [1.54, 1.807) is 24.3 Å². The maximum Gasteiger partial charge on any atom is 0.123 e. The third kappa shape index (κ3) is 3.45. The van der Waals surface area contributed by atoms with Crippen molar-refractivity contribution in [2.24, 2.45) is 5.92 Å². The van der Waals surface area contributed by atoms with Gasteiger partial charge in [0.15, 0.2) is 0 Å². The Morgan fingerprint density at radius 1 is 0.955 bits per heavy atom. The summed E-state index contributed by atoms with van der Waals surface area (Å²) in [7, 11) is 0. The monoisotopic (exact) mass is 303 g/mol. The minimum Gasteiger partial charge on any atom is -0.388 e. The van der Waals surface area contributed by atoms with E-state index in [1.165, 1.54) is 24.3 Å². The van der Waals surface area contributed by atoms with Crippen LogP contribution in [-0.2, 0) is 0 Å². The molecular formula is C18H19F2NO. The highest BCUT2D eigenvalue weighted by molar-refractivity contribution is 5.48. The maximum atomic E-state index is 12.9. The van der Waals surface area contributed by atoms with Gasteiger partial charge in [-0.05, 0) is 60.7 Å². The van der Waals surface area contributed by atoms with E-state index < -0.39 is 6.10 Å². The van der Waals surface area contributed by atoms with Crippen LogP contribution in [0.5, 0.6) is 0 Å². The van der Waals surface area contributed by atoms with Crippen molar-refractivity contribution in [2.75, 3.05) is 18.0 Å². The van der Waals surface area contributed by atoms with Crippen LogP contribution in [-0.4, -0.2) is 18.2 Å². The fourth-order valence-electron chi connectivity index (χ4n) is 2.86. The van der Waals surface area contributed by atoms with Crippen molar-refractivity contribution in [3.05, 3.63) is 65.7 Å². The van der Waals surface area contributed by atoms with Crippen LogP contribution in [0.15, 0.2) is 48.5 Å². The highest BCUT2D eigenvalue weighted by Gasteiger charge is 2.27. The second kappa shape index (κ2) is 6.44. The Hall–Kier alpha value is -1.94. The van der Waals surface area contributed by atoms with Gasteiger partial charge in [0.1, 0.15) is 11.6 Å². The molecule has 1 N–H and O–H groups in total. The molecule has 2 nitrogen and oxygen atoms in total. The number of nitrogens with zero attached hydrogens (tertiary/aromatic N) is 1. The Bertz CT molecular complexity index is 606. The fraction of sp³-hybridized carbons (Fsp3) is 0.333. The van der Waals surface area contributed by atoms with Crippen LogP contribution in [0.2, 0.25) is 0 Å². The van der Waals surface area contributed by atoms with Gasteiger partial charge in [-0.3, -0.25) is 0 Å². The van der Waals surface area contributed by atoms with Crippen LogP contribution in [0.25, 0.3) is 0 Å². The van der Waals surface area contributed by atoms with Gasteiger partial charge in [0.2, 0.25) is 0 Å². The number of aliphatic hydroxyl groups is 1. The molecule has 1 heterocycles. The zero-order chi connectivity index (χ0) is 15.5. The third-order valence-electron chi connectivity index (χ3n) is 4.25. The van der Waals surface area contributed by atoms with Crippen molar-refractivity contribution in [2.45, 2.75) is 18.9 Å². The van der Waals surface area contributed by atoms with Crippen molar-refractivity contribution >= 4 is 5.69 Å². The standard InChI is InChI=1S/C18H19F2NO/c19-15-4-2-14(3-5-15)18(22)10-1-13-11-21(12-13)17-8-6-16(20)7-9-17/h2-9,13,18,22H,1,10-12H2/t18-/m0/s1. The molecule has 0 aromatic heterocycles. The summed E-state index contributed by atoms with van der Waals surface area (Å²) in [4.78, 5) is 2.20. The van der Waals surface area contributed by atoms with E-state index in [-0.39, 0.29) is 11.6 Å². The molecule has 22 heavy (non-hydrogen) atoms. The number of hydrogen-bond donors (Lipinski definition) is 1. The number of hydrogen-bond acceptors (Lipinski definition) is 2. The van der Waals surface area contributed by atoms with Gasteiger partial charge in [-0.1, -0.05) is 12.1 Å². The molecule has 1 atom stereocenters. The van der Waals surface area contributed by atoms with E-state index in [2.05, 4.69) is 4.90 Å². The van der Waals surface area contributed by atoms with E-state index in [0.29, 0.717) is 12.3 Å². The lowest BCUT2D eigenvalue weighted by Crippen LogP contribution is -2.46. The number of anilines is 1. The quantitative estimate of drug-likeness (QED) is 0.905. The second-order valence-electron chi connectivity index (χ2n) is 5.89. The Morgan fingerprint density at radius 2 is 1.50 bits per heavy atom. The number of rotatable bonds is 5. The number of benzene rings is 2. The summed E-state index contributed by atoms with van der Waals surface area (Å²) in [5.41, 5.74) is 1.80. The molecule has 0 radical (unpaired) electrons. The molecule has 0 amide bonds. The molecule has 1 aliphatic rings. The summed E-state index contributed by atoms with van der Waals surface area (Å²) in [5.74, 6) is 0.0354. The molecule has 1 saturated heterocycles. The van der Waals surface area contributed by atoms with Crippen molar-refractivity contribution in [1.29, 1.82) is 0 Å². The molecule has 1 aliphatic heterocycles. The summed E-state index contributed by atoms with van der Waals surface area (Å²) in [5, 5.41) is 10.1. The summed E-state index contributed by atoms with van der Waals surface area (Å²) in [6, 6.07) is 12.5. The molecular weight excluding hydrogens is 284 g/mol. The van der Waals surface area contributed by atoms with Crippen LogP contribution in [0.3, 0.4) is 0 Å². The van der Waals surface area contributed by atoms with Crippen molar-refractivity contribution in [3.63, 3.8) is 0 Å². The van der Waals surface area contributed by atoms with Crippen LogP contribution in [0, 0.1) is 17.6 Å². The predicted octanol–water partition coefficient (Wildman–Crippen LogP) is 3.91. The van der Waals surface area contributed by atoms with Gasteiger partial charge in [-0.2, -0.15) is 0 Å². The molecule has 1 fully saturated rings. The molecule has 3 rings (SSSR count). The van der Waals surface area contributed by atoms with Crippen molar-refractivity contribution in [1.82, 2.24) is 0 Å². The van der Waals surface area contributed by atoms with Gasteiger partial charge < -0.3 is 10.0 Å². The SMILES string of the molecule is O[C@@H](CCC1CN(c2ccc(F)cc2)C1)c1ccc(F)cc1. The second-order valence-corrected chi connectivity index (χ2v) is 5.89. The molecule has 0 bridgehead atoms. The Kier molecular flexibility index (Phi) is 4.39. The lowest BCUT2D eigenvalue weighted by atomic mass is 9.91. The average Bonchev–Trinajstić information content (AvgIpc) is 2.48. The smallest absolute Gasteiger partial charge is 0.123 e. The molecule has 0 spiro atoms. The minimum absolute atomic E-state index is 0.219. The van der Waals surface area contributed by atoms with Crippen LogP contribution in [0.4, 0.5) is 14.5 Å². The van der Waals surface area contributed by atoms with Crippen LogP contribution < -0.4 is 4.90 Å². The first-order valence-electron chi connectivity index (χ1n) is 7.56. The molecule has 2 aromatic carbocycles. The highest BCUT2D eigenvalue weighted by Crippen LogP contribution is 2.30. The van der Waals surface area contributed by atoms with E-state index in [1.807, 2.05) is 0 Å². The Morgan fingerprint density at radius 3 is 2.09 bits per heavy atom. The lowest BCUT2D eigenvalue weighted by molar-refractivity contribution is 0.153. The largest absolute Gasteiger partial charge is 0.388 e. The zero-order valence-corrected chi connectivity index (χ0v) is 12.3. The summed E-state index contributed by atoms with van der Waals surface area (Å²) < 4.78 is 25.7. The Labute approximate surface area is 129 Å². The average molecular weight is 303 g/mol. The summed E-state index contributed by atoms with van der Waals surface area (Å²) in [6.07, 6.45) is 1.06. The van der Waals surface area contributed by atoms with E-state index >= 15 is 0 Å². The van der Waals surface area contributed by atoms with E-state index in [0.717, 1.165) is 30.8 Å². The number of halogens is 2. The molecule has 2 aromatic rings. The summed E-state index contributed by atoms with van der Waals surface area (Å²) >= 11 is 0. The fourth-order valence-corrected chi connectivity index (χ4v) is 2.86. The zero-order valence-electron chi connectivity index (χ0n) is 12.3. The molecule has 116 valence electrons. The number of aliphatic hydroxyl groups excluding tert-OH is 1. The van der Waals surface area contributed by atoms with Gasteiger partial charge in [-0.25, -0.2) is 8.78 Å². The maximum absolute atomic E-state index is 12.9. The lowest BCUT2D eigenvalue weighted by Gasteiger charge is -2.41. The molecule has 0 unspecified atom stereocenters. The molecule has 0 saturated carbocycles. The van der Waals surface area contributed by atoms with Gasteiger partial charge in [-0.15, -0.1) is 0 Å². The van der Waals surface area contributed by atoms with Crippen LogP contribution >= 0.6 is 0 Å². The van der Waals surface area contributed by atoms with E-state index in [9.17, 15) is 13.9 Å². The van der Waals surface area contributed by atoms with Gasteiger partial charge in [0, 0.05) is 18.8 Å². The molecule has 0 aliphatic carbocycles. The summed E-state index contributed by atoms with van der Waals surface area (Å²) in [6.45, 7) is 1.86. The van der Waals surface area contributed by atoms with E-state index in [4.69, 9.17) is 0 Å². The highest BCUT2D eigenvalue weighted by atomic mass is 19.1. The first-order valence-corrected chi connectivity index (χ1v) is 7.56. The van der Waals surface area contributed by atoms with Gasteiger partial charge >= 0.3 is 0 Å². The topological polar surface area (TPSA) is 23.5 Å². The van der Waals surface area contributed by atoms with Crippen LogP contribution in [0.1, 0.15) is 24.5 Å². The van der Waals surface area contributed by atoms with Crippen molar-refractivity contribution < 1.29 is 13.9 Å². The predicted molar refractivity (Wildman–Crippen MR) is 82.7 cm³/mol. The van der Waals surface area contributed by atoms with Crippen molar-refractivity contribution in [3.8, 4) is 0 Å². The third-order valence-corrected chi connectivity index (χ3v) is 4.25. The Balaban J connectivity index is 1.44. The van der Waals surface area contributed by atoms with Gasteiger partial charge in [0.05, 0.1) is 6.10 Å². The van der Waals surface area contributed by atoms with Gasteiger partial charge in [0.25, 0.3) is 0 Å². The first kappa shape index (κ1) is 15.0. The normalized spacial score (nSPS) is 16.4. The first-order chi connectivity index (χ1) is 10.6. The molecule has 4 heteroatoms.